The zero-order chi connectivity index (χ0) is 22.0. The number of rotatable bonds is 4. The highest BCUT2D eigenvalue weighted by atomic mass is 32.4. The van der Waals surface area contributed by atoms with E-state index >= 15 is 0 Å². The topological polar surface area (TPSA) is 0 Å². The summed E-state index contributed by atoms with van der Waals surface area (Å²) in [5.74, 6) is 4.76. The molecule has 0 radical (unpaired) electrons. The lowest BCUT2D eigenvalue weighted by atomic mass is 10.2. The van der Waals surface area contributed by atoms with Gasteiger partial charge in [-0.05, 0) is 33.4 Å². The van der Waals surface area contributed by atoms with E-state index in [0.29, 0.717) is 0 Å². The molecule has 0 spiro atoms. The van der Waals surface area contributed by atoms with Gasteiger partial charge in [0.1, 0.15) is 0 Å². The molecule has 0 saturated heterocycles. The van der Waals surface area contributed by atoms with Gasteiger partial charge in [-0.25, -0.2) is 0 Å². The lowest BCUT2D eigenvalue weighted by molar-refractivity contribution is 1.64. The first-order valence-electron chi connectivity index (χ1n) is 10.5. The first kappa shape index (κ1) is 21.5. The zero-order valence-electron chi connectivity index (χ0n) is 17.4. The largest absolute Gasteiger partial charge is 0.0832 e. The van der Waals surface area contributed by atoms with Crippen LogP contribution in [0.2, 0.25) is 0 Å². The molecule has 32 heavy (non-hydrogen) atoms. The predicted molar refractivity (Wildman–Crippen MR) is 150 cm³/mol. The molecular weight excluding hydrogens is 462 g/mol. The Kier molecular flexibility index (Phi) is 5.97. The summed E-state index contributed by atoms with van der Waals surface area (Å²) in [6.45, 7) is 0. The molecule has 0 saturated carbocycles. The van der Waals surface area contributed by atoms with Gasteiger partial charge in [-0.3, -0.25) is 0 Å². The Morgan fingerprint density at radius 3 is 0.969 bits per heavy atom. The summed E-state index contributed by atoms with van der Waals surface area (Å²) in [6.07, 6.45) is 0. The van der Waals surface area contributed by atoms with Gasteiger partial charge in [0.15, 0.2) is 0 Å². The molecule has 156 valence electrons. The molecule has 5 rings (SSSR count). The van der Waals surface area contributed by atoms with Crippen molar-refractivity contribution in [2.24, 2.45) is 0 Å². The fourth-order valence-corrected chi connectivity index (χ4v) is 14.3. The molecule has 4 aromatic rings. The van der Waals surface area contributed by atoms with Gasteiger partial charge in [0.05, 0.1) is 0 Å². The van der Waals surface area contributed by atoms with Crippen molar-refractivity contribution in [2.45, 2.75) is 0 Å². The molecule has 1 aliphatic rings. The van der Waals surface area contributed by atoms with Crippen LogP contribution in [0.25, 0.3) is 10.6 Å². The van der Waals surface area contributed by atoms with E-state index in [1.807, 2.05) is 0 Å². The van der Waals surface area contributed by atoms with E-state index in [9.17, 15) is 0 Å². The fraction of sp³-hybridized carbons (Fsp3) is 0. The molecular formula is C28H22P2S2. The first-order valence-corrected chi connectivity index (χ1v) is 16.2. The lowest BCUT2D eigenvalue weighted by Gasteiger charge is -2.35. The van der Waals surface area contributed by atoms with Crippen molar-refractivity contribution < 1.29 is 0 Å². The van der Waals surface area contributed by atoms with E-state index in [1.165, 1.54) is 32.4 Å². The molecule has 0 N–H and O–H groups in total. The second kappa shape index (κ2) is 8.89. The third-order valence-electron chi connectivity index (χ3n) is 5.74. The van der Waals surface area contributed by atoms with Crippen LogP contribution in [0.4, 0.5) is 0 Å². The Labute approximate surface area is 200 Å². The molecule has 0 fully saturated rings. The summed E-state index contributed by atoms with van der Waals surface area (Å²) in [5.41, 5.74) is 2.35. The minimum atomic E-state index is -2.23. The number of hydrogen-bond donors (Lipinski definition) is 0. The first-order chi connectivity index (χ1) is 15.6. The summed E-state index contributed by atoms with van der Waals surface area (Å²) in [4.78, 5) is 0. The van der Waals surface area contributed by atoms with Crippen LogP contribution < -0.4 is 10.6 Å². The van der Waals surface area contributed by atoms with Gasteiger partial charge in [-0.1, -0.05) is 145 Å². The van der Waals surface area contributed by atoms with Crippen LogP contribution in [-0.4, -0.2) is 0 Å². The van der Waals surface area contributed by atoms with Gasteiger partial charge in [0.25, 0.3) is 0 Å². The van der Waals surface area contributed by atoms with Crippen LogP contribution >= 0.6 is 12.1 Å². The highest BCUT2D eigenvalue weighted by Crippen LogP contribution is 2.74. The molecule has 0 aliphatic carbocycles. The molecule has 0 aromatic heterocycles. The van der Waals surface area contributed by atoms with E-state index in [2.05, 4.69) is 133 Å². The number of hydrogen-bond acceptors (Lipinski definition) is 2. The SMILES string of the molecule is S=P1(c2ccccc2)C=C(c2ccccc2)P(=S)(c2ccccc2)C=C1c1ccccc1. The molecule has 2 atom stereocenters. The Morgan fingerprint density at radius 1 is 0.375 bits per heavy atom. The monoisotopic (exact) mass is 484 g/mol. The summed E-state index contributed by atoms with van der Waals surface area (Å²) in [6, 6.07) is 37.8. The molecule has 1 heterocycles. The molecule has 0 nitrogen and oxygen atoms in total. The average molecular weight is 485 g/mol. The van der Waals surface area contributed by atoms with Gasteiger partial charge >= 0.3 is 0 Å². The predicted octanol–water partition coefficient (Wildman–Crippen LogP) is 7.61. The minimum Gasteiger partial charge on any atom is -0.0832 e. The Morgan fingerprint density at radius 2 is 0.656 bits per heavy atom. The van der Waals surface area contributed by atoms with Crippen molar-refractivity contribution in [3.63, 3.8) is 0 Å². The Bertz CT molecular complexity index is 1280. The van der Waals surface area contributed by atoms with Crippen LogP contribution in [0.5, 0.6) is 0 Å². The van der Waals surface area contributed by atoms with Crippen molar-refractivity contribution in [1.82, 2.24) is 0 Å². The van der Waals surface area contributed by atoms with Gasteiger partial charge in [0.2, 0.25) is 0 Å². The Balaban J connectivity index is 1.85. The van der Waals surface area contributed by atoms with E-state index in [4.69, 9.17) is 23.6 Å². The highest BCUT2D eigenvalue weighted by Gasteiger charge is 2.36. The smallest absolute Gasteiger partial charge is 0.0324 e. The average Bonchev–Trinajstić information content (AvgIpc) is 2.87. The maximum absolute atomic E-state index is 6.59. The van der Waals surface area contributed by atoms with Gasteiger partial charge in [-0.15, -0.1) is 0 Å². The number of benzene rings is 4. The molecule has 4 aromatic carbocycles. The molecule has 0 bridgehead atoms. The second-order valence-corrected chi connectivity index (χ2v) is 16.3. The van der Waals surface area contributed by atoms with Crippen LogP contribution in [-0.2, 0) is 23.6 Å². The van der Waals surface area contributed by atoms with E-state index in [-0.39, 0.29) is 0 Å². The van der Waals surface area contributed by atoms with Crippen LogP contribution in [0.1, 0.15) is 11.1 Å². The van der Waals surface area contributed by atoms with E-state index in [0.717, 1.165) is 0 Å². The lowest BCUT2D eigenvalue weighted by Crippen LogP contribution is -2.11. The zero-order valence-corrected chi connectivity index (χ0v) is 20.8. The molecule has 4 heteroatoms. The van der Waals surface area contributed by atoms with Crippen molar-refractivity contribution in [1.29, 1.82) is 0 Å². The van der Waals surface area contributed by atoms with E-state index < -0.39 is 12.1 Å². The van der Waals surface area contributed by atoms with E-state index in [1.54, 1.807) is 0 Å². The van der Waals surface area contributed by atoms with Crippen molar-refractivity contribution in [3.8, 4) is 0 Å². The van der Waals surface area contributed by atoms with Gasteiger partial charge in [0, 0.05) is 22.7 Å². The fourth-order valence-electron chi connectivity index (χ4n) is 4.13. The standard InChI is InChI=1S/C28H22P2S2/c31-29(25-17-9-3-10-18-25)22-28(24-15-7-2-8-16-24)30(32,26-19-11-4-12-20-26)21-27(29)23-13-5-1-6-14-23/h1-22H. The second-order valence-electron chi connectivity index (χ2n) is 7.75. The third-order valence-corrected chi connectivity index (χ3v) is 14.8. The summed E-state index contributed by atoms with van der Waals surface area (Å²) < 4.78 is 0. The Hall–Kier alpha value is -2.34. The maximum atomic E-state index is 6.59. The van der Waals surface area contributed by atoms with Crippen LogP contribution in [0.15, 0.2) is 133 Å². The summed E-state index contributed by atoms with van der Waals surface area (Å²) in [5, 5.41) is 4.83. The molecule has 1 aliphatic heterocycles. The van der Waals surface area contributed by atoms with Crippen LogP contribution in [0.3, 0.4) is 0 Å². The van der Waals surface area contributed by atoms with Gasteiger partial charge in [-0.2, -0.15) is 0 Å². The molecule has 0 amide bonds. The van der Waals surface area contributed by atoms with Crippen LogP contribution in [0, 0.1) is 0 Å². The summed E-state index contributed by atoms with van der Waals surface area (Å²) >= 11 is 13.2. The normalized spacial score (nSPS) is 22.6. The minimum absolute atomic E-state index is 1.17. The molecule has 2 unspecified atom stereocenters. The van der Waals surface area contributed by atoms with Crippen molar-refractivity contribution in [2.75, 3.05) is 0 Å². The van der Waals surface area contributed by atoms with Crippen molar-refractivity contribution >= 4 is 56.9 Å². The third kappa shape index (κ3) is 3.83. The van der Waals surface area contributed by atoms with Gasteiger partial charge < -0.3 is 0 Å². The summed E-state index contributed by atoms with van der Waals surface area (Å²) in [7, 11) is 0. The maximum Gasteiger partial charge on any atom is 0.0324 e. The highest BCUT2D eigenvalue weighted by molar-refractivity contribution is 8.29. The quantitative estimate of drug-likeness (QED) is 0.274. The van der Waals surface area contributed by atoms with Crippen molar-refractivity contribution in [3.05, 3.63) is 144 Å².